The van der Waals surface area contributed by atoms with Gasteiger partial charge in [0.2, 0.25) is 10.9 Å². The van der Waals surface area contributed by atoms with E-state index in [0.717, 1.165) is 17.6 Å². The summed E-state index contributed by atoms with van der Waals surface area (Å²) in [5.41, 5.74) is 7.97. The molecule has 6 rings (SSSR count). The van der Waals surface area contributed by atoms with Crippen molar-refractivity contribution in [2.24, 2.45) is 0 Å². The van der Waals surface area contributed by atoms with Crippen LogP contribution in [0.2, 0.25) is 0 Å². The number of pyridine rings is 2. The fraction of sp³-hybridized carbons (Fsp3) is 0.231. The lowest BCUT2D eigenvalue weighted by molar-refractivity contribution is -0.191. The van der Waals surface area contributed by atoms with E-state index < -0.39 is 29.3 Å². The van der Waals surface area contributed by atoms with E-state index in [9.17, 15) is 33.6 Å². The third-order valence-corrected chi connectivity index (χ3v) is 8.57. The Morgan fingerprint density at radius 2 is 1.01 bits per heavy atom. The number of esters is 4. The largest absolute Gasteiger partial charge is 0.500 e. The number of nitrogen functional groups attached to an aromatic ring is 1. The van der Waals surface area contributed by atoms with E-state index in [1.807, 2.05) is 73.7 Å². The lowest BCUT2D eigenvalue weighted by Crippen LogP contribution is -2.18. The number of carboxylic acids is 1. The Kier molecular flexibility index (Phi) is 29.6. The minimum Gasteiger partial charge on any atom is -0.500 e. The predicted molar refractivity (Wildman–Crippen MR) is 266 cm³/mol. The maximum absolute atomic E-state index is 11.9. The standard InChI is InChI=1S/C13H17NO2.C12H11NO3.C10H7NO3.C10H16O5.C6H7N.CO2/c1-3-11(13(15)16-4-2)10-14-12-8-6-5-7-9-12;1-2-16-12(15)9-7-13-10-6-4-3-5-8(10)11(9)14;12-9-6-3-1-2-4-8(6)11-5-7(9)10(13)14;1-4-13-7-8(9(11)14-5-2)10(12)15-6-3;7-6-4-2-1-3-5-6;2-1-3/h5-10,14H,3-4H2,1-2H3;3-7H,2H2,1H3,(H,13,14);1-5H,(H,11,12)(H,13,14);7H,4-6H2,1-3H3;1-5H,7H2;/b11-10-;;;;;. The molecule has 0 radical (unpaired) electrons. The number of hydrogen-bond donors (Lipinski definition) is 5. The van der Waals surface area contributed by atoms with Gasteiger partial charge in [-0.25, -0.2) is 24.0 Å². The number of hydrogen-bond acceptors (Lipinski definition) is 16. The van der Waals surface area contributed by atoms with E-state index in [0.29, 0.717) is 47.0 Å². The maximum atomic E-state index is 11.9. The van der Waals surface area contributed by atoms with Gasteiger partial charge < -0.3 is 49.8 Å². The Morgan fingerprint density at radius 1 is 0.592 bits per heavy atom. The summed E-state index contributed by atoms with van der Waals surface area (Å²) in [5, 5.41) is 12.7. The first kappa shape index (κ1) is 59.9. The second kappa shape index (κ2) is 35.1. The first-order chi connectivity index (χ1) is 34.2. The van der Waals surface area contributed by atoms with Crippen LogP contribution in [0.25, 0.3) is 21.8 Å². The number of para-hydroxylation sites is 4. The molecule has 0 amide bonds. The van der Waals surface area contributed by atoms with E-state index in [4.69, 9.17) is 34.6 Å². The second-order valence-electron chi connectivity index (χ2n) is 13.4. The molecule has 0 aliphatic rings. The molecule has 0 spiro atoms. The molecule has 0 saturated heterocycles. The van der Waals surface area contributed by atoms with Crippen molar-refractivity contribution in [2.75, 3.05) is 44.1 Å². The number of nitrogens with one attached hydrogen (secondary N) is 3. The van der Waals surface area contributed by atoms with Gasteiger partial charge in [0, 0.05) is 51.8 Å². The third-order valence-electron chi connectivity index (χ3n) is 8.57. The van der Waals surface area contributed by atoms with Crippen molar-refractivity contribution in [3.63, 3.8) is 0 Å². The molecule has 71 heavy (non-hydrogen) atoms. The monoisotopic (exact) mass is 978 g/mol. The van der Waals surface area contributed by atoms with Crippen molar-refractivity contribution in [3.05, 3.63) is 177 Å². The summed E-state index contributed by atoms with van der Waals surface area (Å²) in [4.78, 5) is 102. The molecule has 0 aliphatic heterocycles. The quantitative estimate of drug-likeness (QED) is 0.0133. The summed E-state index contributed by atoms with van der Waals surface area (Å²) < 4.78 is 24.0. The number of aromatic nitrogens is 2. The Hall–Kier alpha value is -9.09. The average molecular weight is 979 g/mol. The fourth-order valence-corrected chi connectivity index (χ4v) is 5.31. The number of aromatic carboxylic acids is 1. The summed E-state index contributed by atoms with van der Waals surface area (Å²) >= 11 is 0. The van der Waals surface area contributed by atoms with E-state index in [2.05, 4.69) is 24.8 Å². The van der Waals surface area contributed by atoms with E-state index in [1.165, 1.54) is 12.4 Å². The summed E-state index contributed by atoms with van der Waals surface area (Å²) in [7, 11) is 0. The molecule has 2 heterocycles. The van der Waals surface area contributed by atoms with Gasteiger partial charge in [-0.1, -0.05) is 67.6 Å². The van der Waals surface area contributed by atoms with Gasteiger partial charge >= 0.3 is 36.0 Å². The number of nitrogens with two attached hydrogens (primary N) is 1. The Morgan fingerprint density at radius 3 is 1.44 bits per heavy atom. The number of carbonyl (C=O) groups is 5. The number of fused-ring (bicyclic) bond motifs is 2. The highest BCUT2D eigenvalue weighted by Gasteiger charge is 2.21. The first-order valence-corrected chi connectivity index (χ1v) is 21.9. The van der Waals surface area contributed by atoms with Crippen LogP contribution >= 0.6 is 0 Å². The van der Waals surface area contributed by atoms with Gasteiger partial charge in [-0.05, 0) is 89.6 Å². The molecule has 0 fully saturated rings. The molecule has 0 atom stereocenters. The molecular weight excluding hydrogens is 921 g/mol. The van der Waals surface area contributed by atoms with Crippen LogP contribution < -0.4 is 21.9 Å². The van der Waals surface area contributed by atoms with Crippen LogP contribution in [0.15, 0.2) is 155 Å². The molecule has 376 valence electrons. The Balaban J connectivity index is 0.000000444. The number of aromatic amines is 2. The molecule has 0 unspecified atom stereocenters. The molecule has 0 bridgehead atoms. The lowest BCUT2D eigenvalue weighted by atomic mass is 10.1. The zero-order chi connectivity index (χ0) is 53.0. The SMILES string of the molecule is CCOC(=O)/C(=C\Nc1ccccc1)CC.CCOC(=O)c1c[nH]c2ccccc2c1=O.CCOC=C(C(=O)OCC)C(=O)OCC.Nc1ccccc1.O=C(O)c1c[nH]c2ccccc2c1=O.O=C=O. The highest BCUT2D eigenvalue weighted by Crippen LogP contribution is 2.10. The van der Waals surface area contributed by atoms with Gasteiger partial charge in [-0.15, -0.1) is 0 Å². The summed E-state index contributed by atoms with van der Waals surface area (Å²) in [5.74, 6) is -3.52. The van der Waals surface area contributed by atoms with Crippen LogP contribution in [0.4, 0.5) is 11.4 Å². The van der Waals surface area contributed by atoms with E-state index >= 15 is 0 Å². The number of benzene rings is 4. The van der Waals surface area contributed by atoms with Crippen LogP contribution in [-0.4, -0.2) is 84.1 Å². The predicted octanol–water partition coefficient (Wildman–Crippen LogP) is 7.60. The van der Waals surface area contributed by atoms with Crippen LogP contribution in [-0.2, 0) is 47.7 Å². The van der Waals surface area contributed by atoms with Gasteiger partial charge in [0.15, 0.2) is 5.57 Å². The molecular formula is C52H58N4O15. The van der Waals surface area contributed by atoms with Crippen molar-refractivity contribution in [3.8, 4) is 0 Å². The summed E-state index contributed by atoms with van der Waals surface area (Å²) in [6.45, 7) is 11.9. The van der Waals surface area contributed by atoms with Crippen LogP contribution in [0.5, 0.6) is 0 Å². The Bertz CT molecular complexity index is 2800. The third kappa shape index (κ3) is 22.1. The van der Waals surface area contributed by atoms with Crippen molar-refractivity contribution >= 4 is 69.2 Å². The van der Waals surface area contributed by atoms with Crippen LogP contribution in [0.3, 0.4) is 0 Å². The average Bonchev–Trinajstić information content (AvgIpc) is 3.36. The topological polar surface area (TPSA) is 290 Å². The number of carbonyl (C=O) groups excluding carboxylic acids is 6. The van der Waals surface area contributed by atoms with E-state index in [-0.39, 0.29) is 54.1 Å². The minimum absolute atomic E-state index is 0.0422. The number of carboxylic acid groups (broad SMARTS) is 1. The molecule has 2 aromatic heterocycles. The normalized spacial score (nSPS) is 9.69. The molecule has 0 saturated carbocycles. The number of anilines is 2. The zero-order valence-electron chi connectivity index (χ0n) is 40.2. The number of ether oxygens (including phenoxy) is 5. The Labute approximate surface area is 409 Å². The maximum Gasteiger partial charge on any atom is 0.373 e. The van der Waals surface area contributed by atoms with Gasteiger partial charge in [-0.2, -0.15) is 9.59 Å². The second-order valence-corrected chi connectivity index (χ2v) is 13.4. The molecule has 6 N–H and O–H groups in total. The minimum atomic E-state index is -1.21. The molecule has 4 aromatic carbocycles. The number of H-pyrrole nitrogens is 2. The highest BCUT2D eigenvalue weighted by atomic mass is 16.6. The van der Waals surface area contributed by atoms with Crippen LogP contribution in [0.1, 0.15) is 68.7 Å². The van der Waals surface area contributed by atoms with Crippen molar-refractivity contribution < 1.29 is 62.4 Å². The summed E-state index contributed by atoms with van der Waals surface area (Å²) in [6.07, 6.45) is 6.28. The molecule has 19 heteroatoms. The lowest BCUT2D eigenvalue weighted by Gasteiger charge is -2.06. The van der Waals surface area contributed by atoms with Crippen molar-refractivity contribution in [1.82, 2.24) is 9.97 Å². The van der Waals surface area contributed by atoms with Gasteiger partial charge in [0.1, 0.15) is 17.4 Å². The highest BCUT2D eigenvalue weighted by molar-refractivity contribution is 6.13. The van der Waals surface area contributed by atoms with Crippen molar-refractivity contribution in [2.45, 2.75) is 48.0 Å². The molecule has 0 aliphatic carbocycles. The smallest absolute Gasteiger partial charge is 0.373 e. The molecule has 6 aromatic rings. The fourth-order valence-electron chi connectivity index (χ4n) is 5.31. The van der Waals surface area contributed by atoms with Crippen molar-refractivity contribution in [1.29, 1.82) is 0 Å². The molecule has 19 nitrogen and oxygen atoms in total. The van der Waals surface area contributed by atoms with Gasteiger partial charge in [-0.3, -0.25) is 9.59 Å². The van der Waals surface area contributed by atoms with E-state index in [1.54, 1.807) is 83.3 Å². The van der Waals surface area contributed by atoms with Gasteiger partial charge in [0.25, 0.3) is 0 Å². The number of rotatable bonds is 14. The first-order valence-electron chi connectivity index (χ1n) is 21.9. The summed E-state index contributed by atoms with van der Waals surface area (Å²) in [6, 6.07) is 33.0. The zero-order valence-corrected chi connectivity index (χ0v) is 40.2. The van der Waals surface area contributed by atoms with Crippen LogP contribution in [0, 0.1) is 0 Å². The van der Waals surface area contributed by atoms with Gasteiger partial charge in [0.05, 0.1) is 38.6 Å².